The van der Waals surface area contributed by atoms with E-state index in [2.05, 4.69) is 17.0 Å². The van der Waals surface area contributed by atoms with Crippen molar-refractivity contribution in [2.24, 2.45) is 0 Å². The van der Waals surface area contributed by atoms with E-state index in [1.807, 2.05) is 35.0 Å². The zero-order valence-corrected chi connectivity index (χ0v) is 16.7. The molecule has 0 unspecified atom stereocenters. The highest BCUT2D eigenvalue weighted by Gasteiger charge is 2.37. The van der Waals surface area contributed by atoms with Crippen LogP contribution >= 0.6 is 23.1 Å². The molecule has 2 aromatic rings. The molecule has 0 atom stereocenters. The lowest BCUT2D eigenvalue weighted by atomic mass is 10.2. The topological polar surface area (TPSA) is 60.9 Å². The first-order valence-corrected chi connectivity index (χ1v) is 10.7. The summed E-state index contributed by atoms with van der Waals surface area (Å²) >= 11 is 2.42. The Bertz CT molecular complexity index is 904. The summed E-state index contributed by atoms with van der Waals surface area (Å²) in [5.74, 6) is -0.579. The SMILES string of the molecule is O=C(CN1C(=O)S/C(=C/c2ccsc2)C1=O)N1CCN(c2ccccc2)CC1. The number of anilines is 1. The maximum atomic E-state index is 12.6. The van der Waals surface area contributed by atoms with E-state index in [9.17, 15) is 14.4 Å². The van der Waals surface area contributed by atoms with Crippen molar-refractivity contribution >= 4 is 51.9 Å². The van der Waals surface area contributed by atoms with E-state index in [1.54, 1.807) is 11.0 Å². The fraction of sp³-hybridized carbons (Fsp3) is 0.250. The molecule has 1 aromatic heterocycles. The minimum atomic E-state index is -0.391. The van der Waals surface area contributed by atoms with E-state index in [4.69, 9.17) is 0 Å². The summed E-state index contributed by atoms with van der Waals surface area (Å²) in [5.41, 5.74) is 2.03. The second-order valence-electron chi connectivity index (χ2n) is 6.53. The molecule has 0 aliphatic carbocycles. The fourth-order valence-electron chi connectivity index (χ4n) is 3.23. The Morgan fingerprint density at radius 2 is 1.79 bits per heavy atom. The van der Waals surface area contributed by atoms with Crippen LogP contribution in [0, 0.1) is 0 Å². The predicted molar refractivity (Wildman–Crippen MR) is 112 cm³/mol. The van der Waals surface area contributed by atoms with Gasteiger partial charge in [-0.1, -0.05) is 18.2 Å². The van der Waals surface area contributed by atoms with Gasteiger partial charge in [0.05, 0.1) is 4.91 Å². The second kappa shape index (κ2) is 8.20. The lowest BCUT2D eigenvalue weighted by molar-refractivity contribution is -0.136. The molecule has 0 saturated carbocycles. The molecule has 28 heavy (non-hydrogen) atoms. The van der Waals surface area contributed by atoms with Crippen molar-refractivity contribution in [1.29, 1.82) is 0 Å². The average Bonchev–Trinajstić information content (AvgIpc) is 3.33. The predicted octanol–water partition coefficient (Wildman–Crippen LogP) is 3.13. The van der Waals surface area contributed by atoms with E-state index >= 15 is 0 Å². The maximum Gasteiger partial charge on any atom is 0.294 e. The lowest BCUT2D eigenvalue weighted by Crippen LogP contribution is -2.51. The lowest BCUT2D eigenvalue weighted by Gasteiger charge is -2.36. The van der Waals surface area contributed by atoms with Crippen molar-refractivity contribution in [3.63, 3.8) is 0 Å². The van der Waals surface area contributed by atoms with E-state index in [-0.39, 0.29) is 17.7 Å². The maximum absolute atomic E-state index is 12.6. The van der Waals surface area contributed by atoms with Gasteiger partial charge in [0.2, 0.25) is 5.91 Å². The van der Waals surface area contributed by atoms with Crippen molar-refractivity contribution in [3.8, 4) is 0 Å². The van der Waals surface area contributed by atoms with E-state index in [0.29, 0.717) is 18.0 Å². The normalized spacial score (nSPS) is 19.0. The standard InChI is InChI=1S/C20H19N3O3S2/c24-18(22-9-7-21(8-10-22)16-4-2-1-3-5-16)13-23-19(25)17(28-20(23)26)12-15-6-11-27-14-15/h1-6,11-12,14H,7-10,13H2/b17-12+. The monoisotopic (exact) mass is 413 g/mol. The van der Waals surface area contributed by atoms with Gasteiger partial charge < -0.3 is 9.80 Å². The summed E-state index contributed by atoms with van der Waals surface area (Å²) in [6.07, 6.45) is 1.70. The Morgan fingerprint density at radius 1 is 1.04 bits per heavy atom. The van der Waals surface area contributed by atoms with Crippen molar-refractivity contribution in [1.82, 2.24) is 9.80 Å². The van der Waals surface area contributed by atoms with Crippen LogP contribution in [0.1, 0.15) is 5.56 Å². The summed E-state index contributed by atoms with van der Waals surface area (Å²) in [5, 5.41) is 3.43. The zero-order valence-electron chi connectivity index (χ0n) is 15.1. The quantitative estimate of drug-likeness (QED) is 0.721. The molecule has 0 spiro atoms. The third kappa shape index (κ3) is 3.98. The van der Waals surface area contributed by atoms with Gasteiger partial charge in [-0.2, -0.15) is 11.3 Å². The van der Waals surface area contributed by atoms with Crippen LogP contribution in [0.15, 0.2) is 52.1 Å². The summed E-state index contributed by atoms with van der Waals surface area (Å²) in [6, 6.07) is 12.0. The van der Waals surface area contributed by atoms with Crippen molar-refractivity contribution in [3.05, 3.63) is 57.6 Å². The molecule has 2 saturated heterocycles. The van der Waals surface area contributed by atoms with Crippen LogP contribution in [-0.2, 0) is 9.59 Å². The first kappa shape index (κ1) is 18.8. The number of thioether (sulfide) groups is 1. The molecular weight excluding hydrogens is 394 g/mol. The molecular formula is C20H19N3O3S2. The highest BCUT2D eigenvalue weighted by molar-refractivity contribution is 8.18. The number of hydrogen-bond acceptors (Lipinski definition) is 6. The van der Waals surface area contributed by atoms with Gasteiger partial charge in [-0.3, -0.25) is 19.3 Å². The third-order valence-corrected chi connectivity index (χ3v) is 6.37. The van der Waals surface area contributed by atoms with Gasteiger partial charge in [0.15, 0.2) is 0 Å². The molecule has 3 amide bonds. The van der Waals surface area contributed by atoms with Crippen LogP contribution in [0.25, 0.3) is 6.08 Å². The smallest absolute Gasteiger partial charge is 0.294 e. The van der Waals surface area contributed by atoms with Crippen LogP contribution < -0.4 is 4.90 Å². The number of carbonyl (C=O) groups is 3. The Labute approximate surface area is 171 Å². The Balaban J connectivity index is 1.35. The number of thiophene rings is 1. The zero-order chi connectivity index (χ0) is 19.5. The molecule has 144 valence electrons. The summed E-state index contributed by atoms with van der Waals surface area (Å²) < 4.78 is 0. The first-order chi connectivity index (χ1) is 13.6. The molecule has 8 heteroatoms. The van der Waals surface area contributed by atoms with Crippen molar-refractivity contribution in [2.45, 2.75) is 0 Å². The van der Waals surface area contributed by atoms with Gasteiger partial charge in [0.1, 0.15) is 6.54 Å². The van der Waals surface area contributed by atoms with E-state index in [1.165, 1.54) is 11.3 Å². The molecule has 1 aromatic carbocycles. The molecule has 0 radical (unpaired) electrons. The minimum Gasteiger partial charge on any atom is -0.368 e. The molecule has 0 N–H and O–H groups in total. The highest BCUT2D eigenvalue weighted by atomic mass is 32.2. The van der Waals surface area contributed by atoms with Crippen LogP contribution in [0.5, 0.6) is 0 Å². The first-order valence-electron chi connectivity index (χ1n) is 8.97. The number of amides is 3. The molecule has 2 aliphatic rings. The van der Waals surface area contributed by atoms with Crippen LogP contribution in [0.4, 0.5) is 10.5 Å². The van der Waals surface area contributed by atoms with Crippen molar-refractivity contribution in [2.75, 3.05) is 37.6 Å². The van der Waals surface area contributed by atoms with Gasteiger partial charge in [-0.15, -0.1) is 0 Å². The molecule has 0 bridgehead atoms. The summed E-state index contributed by atoms with van der Waals surface area (Å²) in [7, 11) is 0. The molecule has 2 aliphatic heterocycles. The fourth-order valence-corrected chi connectivity index (χ4v) is 4.69. The van der Waals surface area contributed by atoms with Crippen LogP contribution in [0.2, 0.25) is 0 Å². The van der Waals surface area contributed by atoms with Gasteiger partial charge in [0, 0.05) is 31.9 Å². The Morgan fingerprint density at radius 3 is 2.46 bits per heavy atom. The second-order valence-corrected chi connectivity index (χ2v) is 8.30. The third-order valence-electron chi connectivity index (χ3n) is 4.76. The number of para-hydroxylation sites is 1. The number of carbonyl (C=O) groups excluding carboxylic acids is 3. The number of nitrogens with zero attached hydrogens (tertiary/aromatic N) is 3. The highest BCUT2D eigenvalue weighted by Crippen LogP contribution is 2.32. The number of imide groups is 1. The molecule has 2 fully saturated rings. The van der Waals surface area contributed by atoms with Crippen LogP contribution in [-0.4, -0.2) is 59.6 Å². The van der Waals surface area contributed by atoms with Crippen molar-refractivity contribution < 1.29 is 14.4 Å². The summed E-state index contributed by atoms with van der Waals surface area (Å²) in [4.78, 5) is 42.8. The Kier molecular flexibility index (Phi) is 5.50. The van der Waals surface area contributed by atoms with Gasteiger partial charge in [-0.05, 0) is 52.4 Å². The number of benzene rings is 1. The summed E-state index contributed by atoms with van der Waals surface area (Å²) in [6.45, 7) is 2.42. The molecule has 6 nitrogen and oxygen atoms in total. The number of rotatable bonds is 4. The van der Waals surface area contributed by atoms with Crippen LogP contribution in [0.3, 0.4) is 0 Å². The minimum absolute atomic E-state index is 0.188. The Hall–Kier alpha value is -2.58. The molecule has 3 heterocycles. The largest absolute Gasteiger partial charge is 0.368 e. The van der Waals surface area contributed by atoms with Gasteiger partial charge in [0.25, 0.3) is 11.1 Å². The average molecular weight is 414 g/mol. The van der Waals surface area contributed by atoms with Gasteiger partial charge >= 0.3 is 0 Å². The number of piperazine rings is 1. The van der Waals surface area contributed by atoms with E-state index in [0.717, 1.165) is 41.0 Å². The number of hydrogen-bond donors (Lipinski definition) is 0. The van der Waals surface area contributed by atoms with Gasteiger partial charge in [-0.25, -0.2) is 0 Å². The van der Waals surface area contributed by atoms with E-state index < -0.39 is 5.91 Å². The molecule has 4 rings (SSSR count).